The van der Waals surface area contributed by atoms with E-state index >= 15 is 0 Å². The van der Waals surface area contributed by atoms with Gasteiger partial charge in [0.2, 0.25) is 4.99 Å². The van der Waals surface area contributed by atoms with E-state index in [4.69, 9.17) is 10.2 Å². The molecule has 2 aliphatic heterocycles. The second kappa shape index (κ2) is 9.79. The number of anilines is 2. The Bertz CT molecular complexity index is 1660. The summed E-state index contributed by atoms with van der Waals surface area (Å²) in [5, 5.41) is 25.3. The number of para-hydroxylation sites is 1. The molecule has 1 spiro atoms. The first-order chi connectivity index (χ1) is 18.9. The molecule has 1 atom stereocenters. The number of carbonyl (C=O) groups is 1. The summed E-state index contributed by atoms with van der Waals surface area (Å²) < 4.78 is 0.961. The van der Waals surface area contributed by atoms with Gasteiger partial charge in [0.05, 0.1) is 22.0 Å². The van der Waals surface area contributed by atoms with Crippen molar-refractivity contribution in [2.24, 2.45) is 10.2 Å². The predicted molar refractivity (Wildman–Crippen MR) is 158 cm³/mol. The highest BCUT2D eigenvalue weighted by Crippen LogP contribution is 2.55. The highest BCUT2D eigenvalue weighted by molar-refractivity contribution is 9.10. The number of nitrogens with zero attached hydrogens (tertiary/aromatic N) is 5. The molecule has 0 fully saturated rings. The SMILES string of the molecule is CC(=O)C1=NN(c2ccc([N+](=O)[O-])cc2)C2(S1)c1ccccc1C(c1ccc(Br)cc1)=NN2c1ccccc1. The van der Waals surface area contributed by atoms with Crippen LogP contribution in [0.1, 0.15) is 23.6 Å². The number of fused-ring (bicyclic) bond motifs is 2. The smallest absolute Gasteiger partial charge is 0.269 e. The Hall–Kier alpha value is -4.28. The zero-order valence-corrected chi connectivity index (χ0v) is 23.0. The number of ketones is 1. The molecule has 8 nitrogen and oxygen atoms in total. The molecule has 0 saturated heterocycles. The topological polar surface area (TPSA) is 91.4 Å². The molecular formula is C29H20BrN5O3S. The summed E-state index contributed by atoms with van der Waals surface area (Å²) in [4.78, 5) is 22.5. The van der Waals surface area contributed by atoms with Crippen LogP contribution in [0, 0.1) is 10.1 Å². The first kappa shape index (κ1) is 25.0. The molecule has 0 aliphatic carbocycles. The van der Waals surface area contributed by atoms with Crippen LogP contribution in [0.5, 0.6) is 0 Å². The molecule has 39 heavy (non-hydrogen) atoms. The van der Waals surface area contributed by atoms with Crippen molar-refractivity contribution >= 4 is 61.3 Å². The van der Waals surface area contributed by atoms with Gasteiger partial charge in [0, 0.05) is 40.2 Å². The summed E-state index contributed by atoms with van der Waals surface area (Å²) in [6.45, 7) is 1.48. The molecule has 2 aliphatic rings. The molecule has 192 valence electrons. The maximum atomic E-state index is 12.7. The van der Waals surface area contributed by atoms with E-state index in [2.05, 4.69) is 15.9 Å². The minimum atomic E-state index is -1.12. The van der Waals surface area contributed by atoms with Crippen molar-refractivity contribution < 1.29 is 9.72 Å². The summed E-state index contributed by atoms with van der Waals surface area (Å²) in [5.74, 6) is -0.183. The van der Waals surface area contributed by atoms with Crippen molar-refractivity contribution in [1.82, 2.24) is 0 Å². The number of Topliss-reactive ketones (excluding diaryl/α,β-unsaturated/α-hetero) is 1. The van der Waals surface area contributed by atoms with Gasteiger partial charge < -0.3 is 0 Å². The third-order valence-electron chi connectivity index (χ3n) is 6.46. The standard InChI is InChI=1S/C29H20BrN5O3S/c1-19(36)28-32-34(23-15-17-24(18-16-23)35(37)38)29(39-28)26-10-6-5-9-25(26)27(20-11-13-21(30)14-12-20)31-33(29)22-7-3-2-4-8-22/h2-18H,1H3. The summed E-state index contributed by atoms with van der Waals surface area (Å²) in [5.41, 5.74) is 4.82. The van der Waals surface area contributed by atoms with Gasteiger partial charge in [0.1, 0.15) is 0 Å². The Morgan fingerprint density at radius 2 is 1.46 bits per heavy atom. The van der Waals surface area contributed by atoms with Crippen LogP contribution in [-0.4, -0.2) is 21.5 Å². The van der Waals surface area contributed by atoms with Crippen LogP contribution in [0.2, 0.25) is 0 Å². The lowest BCUT2D eigenvalue weighted by Crippen LogP contribution is -2.54. The highest BCUT2D eigenvalue weighted by Gasteiger charge is 2.55. The zero-order chi connectivity index (χ0) is 27.1. The van der Waals surface area contributed by atoms with Crippen LogP contribution in [-0.2, 0) is 9.79 Å². The molecule has 0 aromatic heterocycles. The van der Waals surface area contributed by atoms with Crippen molar-refractivity contribution in [3.63, 3.8) is 0 Å². The van der Waals surface area contributed by atoms with Gasteiger partial charge in [0.25, 0.3) is 5.69 Å². The molecule has 0 bridgehead atoms. The van der Waals surface area contributed by atoms with Gasteiger partial charge in [-0.3, -0.25) is 14.9 Å². The minimum Gasteiger partial charge on any atom is -0.292 e. The number of hydrogen-bond donors (Lipinski definition) is 0. The van der Waals surface area contributed by atoms with E-state index in [1.165, 1.54) is 30.8 Å². The van der Waals surface area contributed by atoms with Crippen LogP contribution in [0.3, 0.4) is 0 Å². The normalized spacial score (nSPS) is 18.0. The number of rotatable bonds is 5. The summed E-state index contributed by atoms with van der Waals surface area (Å²) in [6, 6.07) is 31.8. The second-order valence-electron chi connectivity index (χ2n) is 8.91. The Balaban J connectivity index is 1.64. The third-order valence-corrected chi connectivity index (χ3v) is 8.40. The first-order valence-corrected chi connectivity index (χ1v) is 13.6. The number of thioether (sulfide) groups is 1. The number of halogens is 1. The Morgan fingerprint density at radius 3 is 2.13 bits per heavy atom. The van der Waals surface area contributed by atoms with Crippen molar-refractivity contribution in [3.05, 3.63) is 134 Å². The van der Waals surface area contributed by atoms with Crippen LogP contribution >= 0.6 is 27.7 Å². The molecular weight excluding hydrogens is 578 g/mol. The van der Waals surface area contributed by atoms with E-state index in [0.29, 0.717) is 10.7 Å². The van der Waals surface area contributed by atoms with Crippen molar-refractivity contribution in [1.29, 1.82) is 0 Å². The minimum absolute atomic E-state index is 0.0325. The number of hydrogen-bond acceptors (Lipinski definition) is 8. The van der Waals surface area contributed by atoms with E-state index < -0.39 is 9.92 Å². The number of hydrazone groups is 2. The molecule has 0 N–H and O–H groups in total. The number of carbonyl (C=O) groups excluding carboxylic acids is 1. The fraction of sp³-hybridized carbons (Fsp3) is 0.0690. The number of benzene rings is 4. The van der Waals surface area contributed by atoms with Crippen molar-refractivity contribution in [2.45, 2.75) is 11.9 Å². The molecule has 6 rings (SSSR count). The number of nitro benzene ring substituents is 1. The van der Waals surface area contributed by atoms with E-state index in [0.717, 1.165) is 32.6 Å². The summed E-state index contributed by atoms with van der Waals surface area (Å²) in [6.07, 6.45) is 0. The van der Waals surface area contributed by atoms with E-state index in [9.17, 15) is 14.9 Å². The maximum absolute atomic E-state index is 12.7. The molecule has 10 heteroatoms. The first-order valence-electron chi connectivity index (χ1n) is 12.0. The second-order valence-corrected chi connectivity index (χ2v) is 11.0. The summed E-state index contributed by atoms with van der Waals surface area (Å²) in [7, 11) is 0. The molecule has 2 heterocycles. The predicted octanol–water partition coefficient (Wildman–Crippen LogP) is 6.90. The molecule has 4 aromatic rings. The van der Waals surface area contributed by atoms with Gasteiger partial charge in [-0.15, -0.1) is 0 Å². The van der Waals surface area contributed by atoms with Crippen LogP contribution in [0.4, 0.5) is 17.1 Å². The number of non-ortho nitro benzene ring substituents is 1. The Kier molecular flexibility index (Phi) is 6.28. The average molecular weight is 598 g/mol. The Labute approximate surface area is 236 Å². The van der Waals surface area contributed by atoms with Gasteiger partial charge in [-0.25, -0.2) is 10.0 Å². The Morgan fingerprint density at radius 1 is 0.846 bits per heavy atom. The van der Waals surface area contributed by atoms with Gasteiger partial charge in [-0.1, -0.05) is 70.5 Å². The van der Waals surface area contributed by atoms with Crippen LogP contribution < -0.4 is 10.0 Å². The van der Waals surface area contributed by atoms with Crippen LogP contribution in [0.25, 0.3) is 0 Å². The van der Waals surface area contributed by atoms with Gasteiger partial charge >= 0.3 is 0 Å². The molecule has 0 saturated carbocycles. The molecule has 4 aromatic carbocycles. The van der Waals surface area contributed by atoms with Gasteiger partial charge in [-0.2, -0.15) is 10.2 Å². The lowest BCUT2D eigenvalue weighted by atomic mass is 9.93. The van der Waals surface area contributed by atoms with Crippen molar-refractivity contribution in [2.75, 3.05) is 10.0 Å². The fourth-order valence-corrected chi connectivity index (χ4v) is 6.24. The third kappa shape index (κ3) is 4.21. The van der Waals surface area contributed by atoms with Gasteiger partial charge in [0.15, 0.2) is 10.8 Å². The largest absolute Gasteiger partial charge is 0.292 e. The van der Waals surface area contributed by atoms with Crippen molar-refractivity contribution in [3.8, 4) is 0 Å². The monoisotopic (exact) mass is 597 g/mol. The molecule has 1 unspecified atom stereocenters. The maximum Gasteiger partial charge on any atom is 0.269 e. The molecule has 0 amide bonds. The lowest BCUT2D eigenvalue weighted by molar-refractivity contribution is -0.384. The van der Waals surface area contributed by atoms with E-state index in [1.54, 1.807) is 17.1 Å². The number of nitro groups is 1. The molecule has 0 radical (unpaired) electrons. The zero-order valence-electron chi connectivity index (χ0n) is 20.6. The highest BCUT2D eigenvalue weighted by atomic mass is 79.9. The van der Waals surface area contributed by atoms with E-state index in [-0.39, 0.29) is 11.5 Å². The van der Waals surface area contributed by atoms with E-state index in [1.807, 2.05) is 83.9 Å². The average Bonchev–Trinajstić information content (AvgIpc) is 3.36. The van der Waals surface area contributed by atoms with Gasteiger partial charge in [-0.05, 0) is 48.2 Å². The summed E-state index contributed by atoms with van der Waals surface area (Å²) >= 11 is 4.82. The lowest BCUT2D eigenvalue weighted by Gasteiger charge is -2.47. The quantitative estimate of drug-likeness (QED) is 0.184. The fourth-order valence-electron chi connectivity index (χ4n) is 4.68. The van der Waals surface area contributed by atoms with Crippen LogP contribution in [0.15, 0.2) is 118 Å².